The van der Waals surface area contributed by atoms with E-state index in [0.717, 1.165) is 11.6 Å². The van der Waals surface area contributed by atoms with Gasteiger partial charge in [-0.15, -0.1) is 0 Å². The topological polar surface area (TPSA) is 73.3 Å². The van der Waals surface area contributed by atoms with E-state index in [1.807, 2.05) is 0 Å². The summed E-state index contributed by atoms with van der Waals surface area (Å²) in [5, 5.41) is 0.458. The van der Waals surface area contributed by atoms with Gasteiger partial charge in [0.2, 0.25) is 0 Å². The molecule has 2 rings (SSSR count). The van der Waals surface area contributed by atoms with Crippen LogP contribution in [0.3, 0.4) is 0 Å². The maximum atomic E-state index is 11.6. The van der Waals surface area contributed by atoms with Crippen LogP contribution in [0.25, 0.3) is 11.0 Å². The number of rotatable bonds is 1. The lowest BCUT2D eigenvalue weighted by atomic mass is 10.1. The van der Waals surface area contributed by atoms with Crippen LogP contribution in [0.4, 0.5) is 0 Å². The molecule has 76 valence electrons. The highest BCUT2D eigenvalue weighted by molar-refractivity contribution is 5.92. The van der Waals surface area contributed by atoms with Crippen LogP contribution in [-0.2, 0) is 0 Å². The molecule has 0 spiro atoms. The Labute approximate surface area is 85.3 Å². The zero-order chi connectivity index (χ0) is 11.0. The Morgan fingerprint density at radius 2 is 2.13 bits per heavy atom. The van der Waals surface area contributed by atoms with Crippen LogP contribution in [0.2, 0.25) is 0 Å². The average molecular weight is 203 g/mol. The van der Waals surface area contributed by atoms with Gasteiger partial charge in [0.15, 0.2) is 11.2 Å². The first-order chi connectivity index (χ1) is 7.09. The molecule has 0 saturated heterocycles. The molecule has 1 heterocycles. The van der Waals surface area contributed by atoms with Gasteiger partial charge >= 0.3 is 0 Å². The molecule has 4 nitrogen and oxygen atoms in total. The first kappa shape index (κ1) is 9.45. The lowest BCUT2D eigenvalue weighted by molar-refractivity contribution is 0.0974. The summed E-state index contributed by atoms with van der Waals surface area (Å²) in [7, 11) is 0. The number of amides is 1. The highest BCUT2D eigenvalue weighted by atomic mass is 16.3. The van der Waals surface area contributed by atoms with Crippen LogP contribution in [0.5, 0.6) is 0 Å². The molecule has 0 bridgehead atoms. The van der Waals surface area contributed by atoms with Crippen LogP contribution in [0.15, 0.2) is 33.5 Å². The van der Waals surface area contributed by atoms with Crippen molar-refractivity contribution in [2.75, 3.05) is 0 Å². The Bertz CT molecular complexity index is 598. The zero-order valence-corrected chi connectivity index (χ0v) is 8.11. The fourth-order valence-corrected chi connectivity index (χ4v) is 1.44. The molecule has 1 aromatic carbocycles. The first-order valence-corrected chi connectivity index (χ1v) is 4.43. The van der Waals surface area contributed by atoms with E-state index in [4.69, 9.17) is 10.2 Å². The maximum absolute atomic E-state index is 11.6. The summed E-state index contributed by atoms with van der Waals surface area (Å²) in [6.07, 6.45) is 0. The second kappa shape index (κ2) is 3.24. The van der Waals surface area contributed by atoms with Crippen LogP contribution < -0.4 is 11.2 Å². The molecule has 1 amide bonds. The lowest BCUT2D eigenvalue weighted by Crippen LogP contribution is -2.14. The van der Waals surface area contributed by atoms with E-state index >= 15 is 0 Å². The molecule has 0 atom stereocenters. The molecule has 0 aliphatic heterocycles. The van der Waals surface area contributed by atoms with Crippen molar-refractivity contribution >= 4 is 16.9 Å². The third-order valence-corrected chi connectivity index (χ3v) is 2.19. The zero-order valence-electron chi connectivity index (χ0n) is 8.11. The summed E-state index contributed by atoms with van der Waals surface area (Å²) in [6.45, 7) is 1.80. The number of fused-ring (bicyclic) bond motifs is 1. The van der Waals surface area contributed by atoms with Gasteiger partial charge in [-0.05, 0) is 18.6 Å². The smallest absolute Gasteiger partial charge is 0.284 e. The van der Waals surface area contributed by atoms with Crippen LogP contribution in [-0.4, -0.2) is 5.91 Å². The molecule has 0 aliphatic carbocycles. The fraction of sp³-hybridized carbons (Fsp3) is 0.0909. The number of benzene rings is 1. The number of primary amides is 1. The lowest BCUT2D eigenvalue weighted by Gasteiger charge is -2.01. The van der Waals surface area contributed by atoms with E-state index in [9.17, 15) is 9.59 Å². The Kier molecular flexibility index (Phi) is 2.04. The fourth-order valence-electron chi connectivity index (χ4n) is 1.44. The largest absolute Gasteiger partial charge is 0.450 e. The van der Waals surface area contributed by atoms with E-state index in [0.29, 0.717) is 11.0 Å². The molecule has 0 unspecified atom stereocenters. The van der Waals surface area contributed by atoms with E-state index in [-0.39, 0.29) is 11.2 Å². The Morgan fingerprint density at radius 1 is 1.40 bits per heavy atom. The van der Waals surface area contributed by atoms with E-state index in [1.54, 1.807) is 25.1 Å². The van der Waals surface area contributed by atoms with E-state index < -0.39 is 5.91 Å². The highest BCUT2D eigenvalue weighted by Crippen LogP contribution is 2.16. The van der Waals surface area contributed by atoms with Gasteiger partial charge in [-0.25, -0.2) is 0 Å². The summed E-state index contributed by atoms with van der Waals surface area (Å²) in [5.74, 6) is -0.848. The molecule has 1 aromatic heterocycles. The minimum absolute atomic E-state index is 0.109. The number of hydrogen-bond donors (Lipinski definition) is 1. The van der Waals surface area contributed by atoms with Crippen molar-refractivity contribution < 1.29 is 9.21 Å². The van der Waals surface area contributed by atoms with Crippen molar-refractivity contribution in [3.63, 3.8) is 0 Å². The van der Waals surface area contributed by atoms with Crippen molar-refractivity contribution in [2.45, 2.75) is 6.92 Å². The van der Waals surface area contributed by atoms with Crippen LogP contribution >= 0.6 is 0 Å². The van der Waals surface area contributed by atoms with E-state index in [2.05, 4.69) is 0 Å². The van der Waals surface area contributed by atoms with Gasteiger partial charge in [-0.1, -0.05) is 12.1 Å². The summed E-state index contributed by atoms with van der Waals surface area (Å²) >= 11 is 0. The van der Waals surface area contributed by atoms with Crippen molar-refractivity contribution in [3.8, 4) is 0 Å². The molecule has 2 aromatic rings. The quantitative estimate of drug-likeness (QED) is 0.756. The number of para-hydroxylation sites is 1. The number of nitrogens with two attached hydrogens (primary N) is 1. The predicted molar refractivity (Wildman–Crippen MR) is 55.7 cm³/mol. The minimum atomic E-state index is -0.739. The van der Waals surface area contributed by atoms with Crippen molar-refractivity contribution in [3.05, 3.63) is 45.8 Å². The molecule has 0 fully saturated rings. The van der Waals surface area contributed by atoms with Crippen molar-refractivity contribution in [2.24, 2.45) is 5.73 Å². The molecule has 0 saturated carbocycles. The van der Waals surface area contributed by atoms with Gasteiger partial charge < -0.3 is 10.2 Å². The van der Waals surface area contributed by atoms with Gasteiger partial charge in [-0.2, -0.15) is 0 Å². The summed E-state index contributed by atoms with van der Waals surface area (Å²) in [6, 6.07) is 6.33. The molecule has 2 N–H and O–H groups in total. The van der Waals surface area contributed by atoms with Gasteiger partial charge in [0, 0.05) is 6.07 Å². The number of carbonyl (C=O) groups is 1. The molecule has 0 aliphatic rings. The summed E-state index contributed by atoms with van der Waals surface area (Å²) < 4.78 is 5.26. The van der Waals surface area contributed by atoms with Crippen molar-refractivity contribution in [1.82, 2.24) is 0 Å². The second-order valence-electron chi connectivity index (χ2n) is 3.29. The normalized spacial score (nSPS) is 10.5. The van der Waals surface area contributed by atoms with Crippen LogP contribution in [0, 0.1) is 6.92 Å². The third kappa shape index (κ3) is 1.50. The number of hydrogen-bond acceptors (Lipinski definition) is 3. The maximum Gasteiger partial charge on any atom is 0.284 e. The molecule has 4 heteroatoms. The summed E-state index contributed by atoms with van der Waals surface area (Å²) in [5.41, 5.74) is 6.01. The molecule has 15 heavy (non-hydrogen) atoms. The van der Waals surface area contributed by atoms with Gasteiger partial charge in [0.1, 0.15) is 5.58 Å². The number of aryl methyl sites for hydroxylation is 1. The second-order valence-corrected chi connectivity index (χ2v) is 3.29. The SMILES string of the molecule is Cc1cccc2c(=O)cc(C(N)=O)oc12. The van der Waals surface area contributed by atoms with Crippen molar-refractivity contribution in [1.29, 1.82) is 0 Å². The van der Waals surface area contributed by atoms with Gasteiger partial charge in [-0.3, -0.25) is 9.59 Å². The highest BCUT2D eigenvalue weighted by Gasteiger charge is 2.09. The Morgan fingerprint density at radius 3 is 2.80 bits per heavy atom. The standard InChI is InChI=1S/C11H9NO3/c1-6-3-2-4-7-8(13)5-9(11(12)14)15-10(6)7/h2-5H,1H3,(H2,12,14). The Balaban J connectivity index is 2.92. The Hall–Kier alpha value is -2.10. The molecule has 0 radical (unpaired) electrons. The van der Waals surface area contributed by atoms with Gasteiger partial charge in [0.25, 0.3) is 5.91 Å². The van der Waals surface area contributed by atoms with Gasteiger partial charge in [0.05, 0.1) is 5.39 Å². The first-order valence-electron chi connectivity index (χ1n) is 4.43. The van der Waals surface area contributed by atoms with E-state index in [1.165, 1.54) is 0 Å². The monoisotopic (exact) mass is 203 g/mol. The van der Waals surface area contributed by atoms with Crippen LogP contribution in [0.1, 0.15) is 16.1 Å². The minimum Gasteiger partial charge on any atom is -0.450 e. The molecular formula is C11H9NO3. The summed E-state index contributed by atoms with van der Waals surface area (Å²) in [4.78, 5) is 22.5. The number of carbonyl (C=O) groups excluding carboxylic acids is 1. The third-order valence-electron chi connectivity index (χ3n) is 2.19. The molecular weight excluding hydrogens is 194 g/mol. The predicted octanol–water partition coefficient (Wildman–Crippen LogP) is 1.20. The average Bonchev–Trinajstić information content (AvgIpc) is 2.19.